The van der Waals surface area contributed by atoms with Gasteiger partial charge in [-0.2, -0.15) is 0 Å². The van der Waals surface area contributed by atoms with Gasteiger partial charge in [-0.25, -0.2) is 13.1 Å². The Balaban J connectivity index is 1.28. The Morgan fingerprint density at radius 3 is 2.11 bits per heavy atom. The first kappa shape index (κ1) is 25.3. The van der Waals surface area contributed by atoms with Crippen LogP contribution in [0.15, 0.2) is 95.9 Å². The smallest absolute Gasteiger partial charge is 0.264 e. The van der Waals surface area contributed by atoms with Gasteiger partial charge in [0.1, 0.15) is 11.4 Å². The zero-order chi connectivity index (χ0) is 26.2. The van der Waals surface area contributed by atoms with Crippen molar-refractivity contribution in [3.05, 3.63) is 118 Å². The van der Waals surface area contributed by atoms with Gasteiger partial charge in [0.15, 0.2) is 0 Å². The van der Waals surface area contributed by atoms with Crippen molar-refractivity contribution in [2.24, 2.45) is 0 Å². The summed E-state index contributed by atoms with van der Waals surface area (Å²) >= 11 is 11.8. The van der Waals surface area contributed by atoms with Crippen LogP contribution in [0.25, 0.3) is 11.1 Å². The second-order valence-electron chi connectivity index (χ2n) is 9.32. The third-order valence-electron chi connectivity index (χ3n) is 6.30. The Hall–Kier alpha value is -3.32. The highest BCUT2D eigenvalue weighted by molar-refractivity contribution is 7.90. The molecule has 0 fully saturated rings. The van der Waals surface area contributed by atoms with Gasteiger partial charge in [-0.05, 0) is 89.8 Å². The second-order valence-corrected chi connectivity index (χ2v) is 11.9. The van der Waals surface area contributed by atoms with E-state index in [2.05, 4.69) is 17.7 Å². The van der Waals surface area contributed by atoms with Gasteiger partial charge in [0, 0.05) is 28.5 Å². The van der Waals surface area contributed by atoms with E-state index in [4.69, 9.17) is 27.9 Å². The van der Waals surface area contributed by atoms with Crippen LogP contribution in [0.4, 0.5) is 0 Å². The molecule has 1 atom stereocenters. The quantitative estimate of drug-likeness (QED) is 0.289. The standard InChI is InChI=1S/C29H23Cl2NO4S/c1-29(17-19-2-9-24(30)10-3-19)18-23-16-22(8-15-27(23)36-29)20-4-6-21(7-5-20)28(33)32-37(34,35)26-13-11-25(31)12-14-26/h2-16H,17-18H2,1H3,(H,32,33)/t29-/m0/s1. The normalized spacial score (nSPS) is 16.6. The maximum absolute atomic E-state index is 12.6. The number of ether oxygens (including phenoxy) is 1. The first-order valence-electron chi connectivity index (χ1n) is 11.6. The average Bonchev–Trinajstić information content (AvgIpc) is 3.20. The molecule has 37 heavy (non-hydrogen) atoms. The number of benzene rings is 4. The molecule has 4 aromatic rings. The van der Waals surface area contributed by atoms with Gasteiger partial charge in [0.05, 0.1) is 4.90 Å². The van der Waals surface area contributed by atoms with E-state index in [1.807, 2.05) is 36.4 Å². The lowest BCUT2D eigenvalue weighted by Gasteiger charge is -2.24. The predicted octanol–water partition coefficient (Wildman–Crippen LogP) is 6.72. The Kier molecular flexibility index (Phi) is 6.75. The summed E-state index contributed by atoms with van der Waals surface area (Å²) in [5, 5.41) is 1.12. The molecule has 0 aliphatic carbocycles. The van der Waals surface area contributed by atoms with Crippen molar-refractivity contribution in [1.82, 2.24) is 4.72 Å². The Morgan fingerprint density at radius 1 is 0.865 bits per heavy atom. The number of halogens is 2. The van der Waals surface area contributed by atoms with E-state index in [1.54, 1.807) is 24.3 Å². The van der Waals surface area contributed by atoms with E-state index in [0.29, 0.717) is 10.0 Å². The van der Waals surface area contributed by atoms with Crippen LogP contribution in [0.1, 0.15) is 28.4 Å². The molecule has 0 unspecified atom stereocenters. The number of rotatable bonds is 6. The summed E-state index contributed by atoms with van der Waals surface area (Å²) in [6.07, 6.45) is 1.53. The monoisotopic (exact) mass is 551 g/mol. The molecule has 1 aliphatic rings. The molecule has 0 aromatic heterocycles. The molecule has 5 rings (SSSR count). The summed E-state index contributed by atoms with van der Waals surface area (Å²) < 4.78 is 33.4. The molecule has 1 aliphatic heterocycles. The van der Waals surface area contributed by atoms with Crippen LogP contribution in [0, 0.1) is 0 Å². The molecular weight excluding hydrogens is 529 g/mol. The summed E-state index contributed by atoms with van der Waals surface area (Å²) in [6.45, 7) is 2.10. The Morgan fingerprint density at radius 2 is 1.46 bits per heavy atom. The van der Waals surface area contributed by atoms with Crippen molar-refractivity contribution in [3.63, 3.8) is 0 Å². The minimum Gasteiger partial charge on any atom is -0.487 e. The fraction of sp³-hybridized carbons (Fsp3) is 0.138. The van der Waals surface area contributed by atoms with E-state index in [1.165, 1.54) is 24.3 Å². The molecule has 4 aromatic carbocycles. The Labute approximate surface area is 226 Å². The summed E-state index contributed by atoms with van der Waals surface area (Å²) in [5.41, 5.74) is 4.05. The summed E-state index contributed by atoms with van der Waals surface area (Å²) in [6, 6.07) is 26.3. The first-order valence-corrected chi connectivity index (χ1v) is 13.8. The van der Waals surface area contributed by atoms with Crippen LogP contribution in [-0.2, 0) is 22.9 Å². The number of hydrogen-bond acceptors (Lipinski definition) is 4. The highest BCUT2D eigenvalue weighted by atomic mass is 35.5. The number of nitrogens with one attached hydrogen (secondary N) is 1. The van der Waals surface area contributed by atoms with E-state index in [-0.39, 0.29) is 16.1 Å². The zero-order valence-electron chi connectivity index (χ0n) is 19.9. The molecule has 8 heteroatoms. The van der Waals surface area contributed by atoms with Crippen LogP contribution in [0.5, 0.6) is 5.75 Å². The number of carbonyl (C=O) groups is 1. The third kappa shape index (κ3) is 5.67. The molecule has 0 radical (unpaired) electrons. The van der Waals surface area contributed by atoms with Crippen molar-refractivity contribution in [2.75, 3.05) is 0 Å². The highest BCUT2D eigenvalue weighted by Crippen LogP contribution is 2.39. The molecule has 0 saturated heterocycles. The van der Waals surface area contributed by atoms with E-state index in [0.717, 1.165) is 40.8 Å². The van der Waals surface area contributed by atoms with Crippen molar-refractivity contribution >= 4 is 39.1 Å². The van der Waals surface area contributed by atoms with Crippen LogP contribution in [0.2, 0.25) is 10.0 Å². The lowest BCUT2D eigenvalue weighted by atomic mass is 9.91. The topological polar surface area (TPSA) is 72.5 Å². The van der Waals surface area contributed by atoms with Gasteiger partial charge in [0.2, 0.25) is 0 Å². The molecule has 5 nitrogen and oxygen atoms in total. The lowest BCUT2D eigenvalue weighted by Crippen LogP contribution is -2.32. The van der Waals surface area contributed by atoms with Crippen LogP contribution in [0.3, 0.4) is 0 Å². The maximum Gasteiger partial charge on any atom is 0.264 e. The van der Waals surface area contributed by atoms with Gasteiger partial charge >= 0.3 is 0 Å². The number of hydrogen-bond donors (Lipinski definition) is 1. The zero-order valence-corrected chi connectivity index (χ0v) is 22.2. The molecule has 0 saturated carbocycles. The second kappa shape index (κ2) is 9.86. The lowest BCUT2D eigenvalue weighted by molar-refractivity contribution is 0.0981. The summed E-state index contributed by atoms with van der Waals surface area (Å²) in [4.78, 5) is 12.6. The maximum atomic E-state index is 12.6. The van der Waals surface area contributed by atoms with Gasteiger partial charge in [0.25, 0.3) is 15.9 Å². The van der Waals surface area contributed by atoms with Gasteiger partial charge in [-0.3, -0.25) is 4.79 Å². The first-order chi connectivity index (χ1) is 17.6. The molecule has 0 bridgehead atoms. The van der Waals surface area contributed by atoms with Crippen LogP contribution >= 0.6 is 23.2 Å². The van der Waals surface area contributed by atoms with Gasteiger partial charge < -0.3 is 4.74 Å². The molecule has 1 amide bonds. The largest absolute Gasteiger partial charge is 0.487 e. The molecule has 0 spiro atoms. The van der Waals surface area contributed by atoms with E-state index < -0.39 is 15.9 Å². The van der Waals surface area contributed by atoms with Crippen LogP contribution in [-0.4, -0.2) is 19.9 Å². The fourth-order valence-electron chi connectivity index (χ4n) is 4.50. The number of carbonyl (C=O) groups excluding carboxylic acids is 1. The molecular formula is C29H23Cl2NO4S. The van der Waals surface area contributed by atoms with Crippen molar-refractivity contribution in [3.8, 4) is 16.9 Å². The third-order valence-corrected chi connectivity index (χ3v) is 8.15. The Bertz CT molecular complexity index is 1570. The van der Waals surface area contributed by atoms with Crippen LogP contribution < -0.4 is 9.46 Å². The minimum absolute atomic E-state index is 0.0368. The van der Waals surface area contributed by atoms with Crippen molar-refractivity contribution in [1.29, 1.82) is 0 Å². The average molecular weight is 552 g/mol. The van der Waals surface area contributed by atoms with E-state index in [9.17, 15) is 13.2 Å². The summed E-state index contributed by atoms with van der Waals surface area (Å²) in [5.74, 6) is 0.158. The SMILES string of the molecule is C[C@]1(Cc2ccc(Cl)cc2)Cc2cc(-c3ccc(C(=O)NS(=O)(=O)c4ccc(Cl)cc4)cc3)ccc2O1. The predicted molar refractivity (Wildman–Crippen MR) is 146 cm³/mol. The van der Waals surface area contributed by atoms with Crippen molar-refractivity contribution in [2.45, 2.75) is 30.3 Å². The fourth-order valence-corrected chi connectivity index (χ4v) is 5.73. The number of amides is 1. The number of fused-ring (bicyclic) bond motifs is 1. The number of sulfonamides is 1. The molecule has 1 heterocycles. The van der Waals surface area contributed by atoms with Gasteiger partial charge in [-0.1, -0.05) is 53.5 Å². The minimum atomic E-state index is -4.01. The highest BCUT2D eigenvalue weighted by Gasteiger charge is 2.35. The molecule has 1 N–H and O–H groups in total. The van der Waals surface area contributed by atoms with Gasteiger partial charge in [-0.15, -0.1) is 0 Å². The molecule has 188 valence electrons. The van der Waals surface area contributed by atoms with Crippen molar-refractivity contribution < 1.29 is 17.9 Å². The summed E-state index contributed by atoms with van der Waals surface area (Å²) in [7, 11) is -4.01. The van der Waals surface area contributed by atoms with E-state index >= 15 is 0 Å².